The van der Waals surface area contributed by atoms with Gasteiger partial charge in [0.05, 0.1) is 19.3 Å². The lowest BCUT2D eigenvalue weighted by Gasteiger charge is -2.22. The summed E-state index contributed by atoms with van der Waals surface area (Å²) >= 11 is 3.47. The molecule has 1 aromatic carbocycles. The summed E-state index contributed by atoms with van der Waals surface area (Å²) in [4.78, 5) is 0. The summed E-state index contributed by atoms with van der Waals surface area (Å²) in [6.45, 7) is 2.75. The van der Waals surface area contributed by atoms with E-state index in [9.17, 15) is 5.11 Å². The van der Waals surface area contributed by atoms with Crippen LogP contribution in [0.25, 0.3) is 0 Å². The number of benzene rings is 1. The van der Waals surface area contributed by atoms with E-state index in [1.807, 2.05) is 25.1 Å². The van der Waals surface area contributed by atoms with E-state index >= 15 is 0 Å². The quantitative estimate of drug-likeness (QED) is 0.933. The molecule has 94 valence electrons. The predicted octanol–water partition coefficient (Wildman–Crippen LogP) is 2.92. The van der Waals surface area contributed by atoms with E-state index in [1.54, 1.807) is 7.11 Å². The van der Waals surface area contributed by atoms with Crippen LogP contribution in [0.5, 0.6) is 5.75 Å². The van der Waals surface area contributed by atoms with Crippen LogP contribution in [0.4, 0.5) is 0 Å². The molecule has 3 atom stereocenters. The topological polar surface area (TPSA) is 38.7 Å². The van der Waals surface area contributed by atoms with Gasteiger partial charge >= 0.3 is 0 Å². The Bertz CT molecular complexity index is 394. The Labute approximate surface area is 110 Å². The van der Waals surface area contributed by atoms with Gasteiger partial charge in [-0.1, -0.05) is 22.0 Å². The fourth-order valence-corrected chi connectivity index (χ4v) is 2.86. The van der Waals surface area contributed by atoms with Crippen molar-refractivity contribution in [2.75, 3.05) is 13.7 Å². The van der Waals surface area contributed by atoms with E-state index < -0.39 is 6.10 Å². The van der Waals surface area contributed by atoms with E-state index in [1.165, 1.54) is 0 Å². The molecule has 1 N–H and O–H groups in total. The monoisotopic (exact) mass is 300 g/mol. The van der Waals surface area contributed by atoms with Crippen molar-refractivity contribution in [2.45, 2.75) is 25.6 Å². The van der Waals surface area contributed by atoms with Gasteiger partial charge in [0.1, 0.15) is 5.75 Å². The lowest BCUT2D eigenvalue weighted by atomic mass is 9.91. The summed E-state index contributed by atoms with van der Waals surface area (Å²) in [6, 6.07) is 5.64. The summed E-state index contributed by atoms with van der Waals surface area (Å²) in [5.41, 5.74) is 0.896. The minimum absolute atomic E-state index is 0.110. The normalized spacial score (nSPS) is 25.9. The molecule has 1 fully saturated rings. The number of aliphatic hydroxyl groups is 1. The fraction of sp³-hybridized carbons (Fsp3) is 0.538. The Morgan fingerprint density at radius 3 is 2.82 bits per heavy atom. The van der Waals surface area contributed by atoms with Gasteiger partial charge < -0.3 is 14.6 Å². The van der Waals surface area contributed by atoms with E-state index in [4.69, 9.17) is 9.47 Å². The largest absolute Gasteiger partial charge is 0.497 e. The third-order valence-electron chi connectivity index (χ3n) is 3.37. The van der Waals surface area contributed by atoms with Gasteiger partial charge in [-0.25, -0.2) is 0 Å². The molecule has 0 bridgehead atoms. The molecule has 0 aromatic heterocycles. The molecule has 17 heavy (non-hydrogen) atoms. The van der Waals surface area contributed by atoms with Gasteiger partial charge in [0.25, 0.3) is 0 Å². The van der Waals surface area contributed by atoms with Gasteiger partial charge in [-0.05, 0) is 31.0 Å². The number of halogens is 1. The molecule has 1 aliphatic heterocycles. The molecule has 1 saturated heterocycles. The maximum absolute atomic E-state index is 10.4. The van der Waals surface area contributed by atoms with Gasteiger partial charge in [-0.15, -0.1) is 0 Å². The Hall–Kier alpha value is -0.580. The first-order chi connectivity index (χ1) is 8.13. The number of hydrogen-bond donors (Lipinski definition) is 1. The van der Waals surface area contributed by atoms with Crippen LogP contribution in [0.3, 0.4) is 0 Å². The molecule has 0 spiro atoms. The second-order valence-electron chi connectivity index (χ2n) is 4.36. The van der Waals surface area contributed by atoms with Crippen LogP contribution in [0, 0.1) is 5.92 Å². The second kappa shape index (κ2) is 5.38. The Kier molecular flexibility index (Phi) is 4.07. The maximum atomic E-state index is 10.4. The Morgan fingerprint density at radius 1 is 1.53 bits per heavy atom. The number of rotatable bonds is 3. The van der Waals surface area contributed by atoms with Crippen molar-refractivity contribution in [1.29, 1.82) is 0 Å². The first kappa shape index (κ1) is 12.9. The van der Waals surface area contributed by atoms with E-state index in [0.717, 1.165) is 28.8 Å². The van der Waals surface area contributed by atoms with Crippen molar-refractivity contribution in [3.63, 3.8) is 0 Å². The van der Waals surface area contributed by atoms with Crippen LogP contribution >= 0.6 is 15.9 Å². The first-order valence-electron chi connectivity index (χ1n) is 5.76. The highest BCUT2D eigenvalue weighted by Crippen LogP contribution is 2.37. The highest BCUT2D eigenvalue weighted by molar-refractivity contribution is 9.10. The van der Waals surface area contributed by atoms with Crippen LogP contribution < -0.4 is 4.74 Å². The van der Waals surface area contributed by atoms with Crippen molar-refractivity contribution >= 4 is 15.9 Å². The lowest BCUT2D eigenvalue weighted by Crippen LogP contribution is -2.20. The molecule has 1 aliphatic rings. The summed E-state index contributed by atoms with van der Waals surface area (Å²) in [6.07, 6.45) is 0.521. The number of methoxy groups -OCH3 is 1. The van der Waals surface area contributed by atoms with Crippen molar-refractivity contribution in [1.82, 2.24) is 0 Å². The zero-order chi connectivity index (χ0) is 12.4. The third kappa shape index (κ3) is 2.64. The second-order valence-corrected chi connectivity index (χ2v) is 5.22. The van der Waals surface area contributed by atoms with Gasteiger partial charge in [0.2, 0.25) is 0 Å². The van der Waals surface area contributed by atoms with Crippen LogP contribution in [0.1, 0.15) is 25.0 Å². The van der Waals surface area contributed by atoms with Gasteiger partial charge in [0, 0.05) is 17.0 Å². The zero-order valence-electron chi connectivity index (χ0n) is 10.0. The van der Waals surface area contributed by atoms with Crippen LogP contribution in [0.15, 0.2) is 22.7 Å². The van der Waals surface area contributed by atoms with E-state index in [-0.39, 0.29) is 12.0 Å². The van der Waals surface area contributed by atoms with Crippen LogP contribution in [-0.2, 0) is 4.74 Å². The molecule has 0 amide bonds. The van der Waals surface area contributed by atoms with Crippen molar-refractivity contribution < 1.29 is 14.6 Å². The van der Waals surface area contributed by atoms with Gasteiger partial charge in [-0.2, -0.15) is 0 Å². The standard InChI is InChI=1S/C13H17BrO3/c1-8-10(5-6-17-8)13(15)11-4-3-9(16-2)7-12(11)14/h3-4,7-8,10,13,15H,5-6H2,1-2H3. The number of hydrogen-bond acceptors (Lipinski definition) is 3. The molecular weight excluding hydrogens is 284 g/mol. The molecule has 1 heterocycles. The van der Waals surface area contributed by atoms with E-state index in [2.05, 4.69) is 15.9 Å². The molecule has 4 heteroatoms. The van der Waals surface area contributed by atoms with Crippen LogP contribution in [-0.4, -0.2) is 24.9 Å². The van der Waals surface area contributed by atoms with Gasteiger partial charge in [-0.3, -0.25) is 0 Å². The average molecular weight is 301 g/mol. The Balaban J connectivity index is 2.21. The van der Waals surface area contributed by atoms with Crippen molar-refractivity contribution in [2.24, 2.45) is 5.92 Å². The summed E-state index contributed by atoms with van der Waals surface area (Å²) in [7, 11) is 1.63. The molecule has 3 nitrogen and oxygen atoms in total. The highest BCUT2D eigenvalue weighted by Gasteiger charge is 2.32. The number of aliphatic hydroxyl groups excluding tert-OH is 1. The SMILES string of the molecule is COc1ccc(C(O)C2CCOC2C)c(Br)c1. The van der Waals surface area contributed by atoms with E-state index in [0.29, 0.717) is 0 Å². The van der Waals surface area contributed by atoms with Crippen LogP contribution in [0.2, 0.25) is 0 Å². The van der Waals surface area contributed by atoms with Crippen molar-refractivity contribution in [3.8, 4) is 5.75 Å². The molecule has 0 radical (unpaired) electrons. The smallest absolute Gasteiger partial charge is 0.120 e. The first-order valence-corrected chi connectivity index (χ1v) is 6.56. The minimum Gasteiger partial charge on any atom is -0.497 e. The molecule has 0 saturated carbocycles. The fourth-order valence-electron chi connectivity index (χ4n) is 2.27. The summed E-state index contributed by atoms with van der Waals surface area (Å²) in [5, 5.41) is 10.4. The lowest BCUT2D eigenvalue weighted by molar-refractivity contribution is 0.0428. The molecule has 1 aromatic rings. The third-order valence-corrected chi connectivity index (χ3v) is 4.05. The average Bonchev–Trinajstić information content (AvgIpc) is 2.74. The van der Waals surface area contributed by atoms with Crippen molar-refractivity contribution in [3.05, 3.63) is 28.2 Å². The summed E-state index contributed by atoms with van der Waals surface area (Å²) in [5.74, 6) is 0.947. The van der Waals surface area contributed by atoms with Gasteiger partial charge in [0.15, 0.2) is 0 Å². The Morgan fingerprint density at radius 2 is 2.29 bits per heavy atom. The molecule has 2 rings (SSSR count). The maximum Gasteiger partial charge on any atom is 0.120 e. The minimum atomic E-state index is -0.493. The predicted molar refractivity (Wildman–Crippen MR) is 69.2 cm³/mol. The molecule has 3 unspecified atom stereocenters. The summed E-state index contributed by atoms with van der Waals surface area (Å²) < 4.78 is 11.5. The zero-order valence-corrected chi connectivity index (χ0v) is 11.6. The highest BCUT2D eigenvalue weighted by atomic mass is 79.9. The molecule has 0 aliphatic carbocycles. The molecular formula is C13H17BrO3. The number of ether oxygens (including phenoxy) is 2.